The molecule has 1 N–H and O–H groups in total. The second-order valence-corrected chi connectivity index (χ2v) is 6.53. The molecule has 0 saturated heterocycles. The van der Waals surface area contributed by atoms with E-state index in [0.717, 1.165) is 28.7 Å². The van der Waals surface area contributed by atoms with E-state index in [9.17, 15) is 14.3 Å². The zero-order valence-corrected chi connectivity index (χ0v) is 14.8. The molecule has 3 rings (SSSR count). The van der Waals surface area contributed by atoms with Crippen molar-refractivity contribution >= 4 is 23.4 Å². The van der Waals surface area contributed by atoms with Gasteiger partial charge in [-0.05, 0) is 43.3 Å². The Morgan fingerprint density at radius 1 is 1.15 bits per heavy atom. The van der Waals surface area contributed by atoms with Gasteiger partial charge in [-0.15, -0.1) is 10.2 Å². The standard InChI is InChI=1S/C18H17FN4O2S/c1-12-2-8-15(9-3-12)23-16(21-22-18(23)26-11-17(24)25)10-20-14-6-4-13(19)5-7-14/h2-9,20H,10-11H2,1H3,(H,24,25)/p-1. The number of aliphatic carboxylic acids is 1. The van der Waals surface area contributed by atoms with Crippen molar-refractivity contribution in [3.63, 3.8) is 0 Å². The van der Waals surface area contributed by atoms with Crippen molar-refractivity contribution in [1.29, 1.82) is 0 Å². The van der Waals surface area contributed by atoms with E-state index < -0.39 is 5.97 Å². The van der Waals surface area contributed by atoms with Gasteiger partial charge < -0.3 is 15.2 Å². The summed E-state index contributed by atoms with van der Waals surface area (Å²) in [6.07, 6.45) is 0. The molecular weight excluding hydrogens is 355 g/mol. The topological polar surface area (TPSA) is 82.9 Å². The Kier molecular flexibility index (Phi) is 5.52. The van der Waals surface area contributed by atoms with Crippen molar-refractivity contribution < 1.29 is 14.3 Å². The highest BCUT2D eigenvalue weighted by molar-refractivity contribution is 7.99. The maximum atomic E-state index is 13.0. The number of hydrogen-bond acceptors (Lipinski definition) is 6. The van der Waals surface area contributed by atoms with Crippen LogP contribution in [0.2, 0.25) is 0 Å². The van der Waals surface area contributed by atoms with Crippen LogP contribution < -0.4 is 10.4 Å². The lowest BCUT2D eigenvalue weighted by atomic mass is 10.2. The summed E-state index contributed by atoms with van der Waals surface area (Å²) in [5.74, 6) is -1.08. The lowest BCUT2D eigenvalue weighted by molar-refractivity contribution is -0.301. The van der Waals surface area contributed by atoms with E-state index >= 15 is 0 Å². The first kappa shape index (κ1) is 17.9. The number of carboxylic acids is 1. The Bertz CT molecular complexity index is 895. The lowest BCUT2D eigenvalue weighted by Gasteiger charge is -2.12. The third-order valence-corrected chi connectivity index (χ3v) is 4.51. The van der Waals surface area contributed by atoms with Gasteiger partial charge in [-0.25, -0.2) is 4.39 Å². The van der Waals surface area contributed by atoms with E-state index in [1.54, 1.807) is 16.7 Å². The minimum absolute atomic E-state index is 0.213. The molecule has 1 heterocycles. The van der Waals surface area contributed by atoms with Gasteiger partial charge in [0.1, 0.15) is 5.82 Å². The molecule has 0 aliphatic carbocycles. The number of nitrogens with one attached hydrogen (secondary N) is 1. The third-order valence-electron chi connectivity index (χ3n) is 3.61. The number of nitrogens with zero attached hydrogens (tertiary/aromatic N) is 3. The van der Waals surface area contributed by atoms with E-state index in [4.69, 9.17) is 0 Å². The molecule has 3 aromatic rings. The molecule has 0 radical (unpaired) electrons. The molecule has 0 aliphatic rings. The van der Waals surface area contributed by atoms with E-state index in [1.165, 1.54) is 12.1 Å². The molecule has 0 spiro atoms. The minimum atomic E-state index is -1.17. The average molecular weight is 371 g/mol. The molecule has 0 fully saturated rings. The first-order valence-electron chi connectivity index (χ1n) is 7.86. The largest absolute Gasteiger partial charge is 0.549 e. The van der Waals surface area contributed by atoms with Gasteiger partial charge >= 0.3 is 0 Å². The molecule has 6 nitrogen and oxygen atoms in total. The fourth-order valence-electron chi connectivity index (χ4n) is 2.33. The van der Waals surface area contributed by atoms with Crippen LogP contribution in [0.3, 0.4) is 0 Å². The smallest absolute Gasteiger partial charge is 0.196 e. The summed E-state index contributed by atoms with van der Waals surface area (Å²) in [6.45, 7) is 2.33. The second kappa shape index (κ2) is 8.01. The molecule has 0 unspecified atom stereocenters. The van der Waals surface area contributed by atoms with Crippen LogP contribution in [0.5, 0.6) is 0 Å². The highest BCUT2D eigenvalue weighted by Gasteiger charge is 2.14. The quantitative estimate of drug-likeness (QED) is 0.641. The number of carboxylic acid groups (broad SMARTS) is 1. The Labute approximate surface area is 154 Å². The molecule has 0 bridgehead atoms. The van der Waals surface area contributed by atoms with E-state index in [1.807, 2.05) is 31.2 Å². The fraction of sp³-hybridized carbons (Fsp3) is 0.167. The van der Waals surface area contributed by atoms with Crippen molar-refractivity contribution in [2.24, 2.45) is 0 Å². The van der Waals surface area contributed by atoms with Gasteiger partial charge in [0, 0.05) is 17.1 Å². The second-order valence-electron chi connectivity index (χ2n) is 5.59. The number of hydrogen-bond donors (Lipinski definition) is 1. The molecule has 26 heavy (non-hydrogen) atoms. The number of thioether (sulfide) groups is 1. The van der Waals surface area contributed by atoms with Crippen LogP contribution in [0.1, 0.15) is 11.4 Å². The highest BCUT2D eigenvalue weighted by Crippen LogP contribution is 2.23. The van der Waals surface area contributed by atoms with Crippen LogP contribution >= 0.6 is 11.8 Å². The SMILES string of the molecule is Cc1ccc(-n2c(CNc3ccc(F)cc3)nnc2SCC(=O)[O-])cc1. The summed E-state index contributed by atoms with van der Waals surface area (Å²) >= 11 is 1.05. The zero-order valence-electron chi connectivity index (χ0n) is 14.0. The van der Waals surface area contributed by atoms with E-state index in [2.05, 4.69) is 15.5 Å². The first-order chi connectivity index (χ1) is 12.5. The Balaban J connectivity index is 1.87. The summed E-state index contributed by atoms with van der Waals surface area (Å²) in [4.78, 5) is 10.8. The molecule has 0 atom stereocenters. The van der Waals surface area contributed by atoms with Crippen LogP contribution in [0.15, 0.2) is 53.7 Å². The van der Waals surface area contributed by atoms with Crippen LogP contribution in [-0.2, 0) is 11.3 Å². The Morgan fingerprint density at radius 3 is 2.50 bits per heavy atom. The maximum Gasteiger partial charge on any atom is 0.196 e. The van der Waals surface area contributed by atoms with Gasteiger partial charge in [0.2, 0.25) is 0 Å². The number of aromatic nitrogens is 3. The van der Waals surface area contributed by atoms with E-state index in [-0.39, 0.29) is 11.6 Å². The van der Waals surface area contributed by atoms with Gasteiger partial charge in [-0.1, -0.05) is 29.5 Å². The molecule has 8 heteroatoms. The van der Waals surface area contributed by atoms with E-state index in [0.29, 0.717) is 17.5 Å². The van der Waals surface area contributed by atoms with Crippen molar-refractivity contribution in [3.8, 4) is 5.69 Å². The number of anilines is 1. The number of rotatable bonds is 7. The molecular formula is C18H16FN4O2S-. The van der Waals surface area contributed by atoms with Gasteiger partial charge in [0.25, 0.3) is 0 Å². The van der Waals surface area contributed by atoms with Crippen LogP contribution in [0, 0.1) is 12.7 Å². The van der Waals surface area contributed by atoms with Crippen molar-refractivity contribution in [2.45, 2.75) is 18.6 Å². The normalized spacial score (nSPS) is 10.7. The van der Waals surface area contributed by atoms with Crippen LogP contribution in [0.25, 0.3) is 5.69 Å². The molecule has 0 amide bonds. The number of carbonyl (C=O) groups is 1. The molecule has 1 aromatic heterocycles. The zero-order chi connectivity index (χ0) is 18.5. The number of halogens is 1. The van der Waals surface area contributed by atoms with Gasteiger partial charge in [-0.2, -0.15) is 0 Å². The van der Waals surface area contributed by atoms with Gasteiger partial charge in [0.15, 0.2) is 11.0 Å². The highest BCUT2D eigenvalue weighted by atomic mass is 32.2. The molecule has 134 valence electrons. The Morgan fingerprint density at radius 2 is 1.85 bits per heavy atom. The summed E-state index contributed by atoms with van der Waals surface area (Å²) in [5, 5.41) is 22.7. The Hall–Kier alpha value is -2.87. The van der Waals surface area contributed by atoms with Crippen LogP contribution in [0.4, 0.5) is 10.1 Å². The van der Waals surface area contributed by atoms with Crippen molar-refractivity contribution in [1.82, 2.24) is 14.8 Å². The van der Waals surface area contributed by atoms with Gasteiger partial charge in [-0.3, -0.25) is 4.57 Å². The summed E-state index contributed by atoms with van der Waals surface area (Å²) in [5.41, 5.74) is 2.68. The summed E-state index contributed by atoms with van der Waals surface area (Å²) in [6, 6.07) is 13.8. The number of benzene rings is 2. The minimum Gasteiger partial charge on any atom is -0.549 e. The first-order valence-corrected chi connectivity index (χ1v) is 8.85. The average Bonchev–Trinajstić information content (AvgIpc) is 3.03. The molecule has 0 aliphatic heterocycles. The summed E-state index contributed by atoms with van der Waals surface area (Å²) < 4.78 is 14.8. The molecule has 2 aromatic carbocycles. The molecule has 0 saturated carbocycles. The maximum absolute atomic E-state index is 13.0. The number of carbonyl (C=O) groups excluding carboxylic acids is 1. The lowest BCUT2D eigenvalue weighted by Crippen LogP contribution is -2.24. The monoisotopic (exact) mass is 371 g/mol. The van der Waals surface area contributed by atoms with Gasteiger partial charge in [0.05, 0.1) is 12.5 Å². The summed E-state index contributed by atoms with van der Waals surface area (Å²) in [7, 11) is 0. The predicted octanol–water partition coefficient (Wildman–Crippen LogP) is 2.17. The fourth-order valence-corrected chi connectivity index (χ4v) is 3.02. The van der Waals surface area contributed by atoms with Crippen molar-refractivity contribution in [2.75, 3.05) is 11.1 Å². The van der Waals surface area contributed by atoms with Crippen molar-refractivity contribution in [3.05, 3.63) is 65.7 Å². The third kappa shape index (κ3) is 4.40. The predicted molar refractivity (Wildman–Crippen MR) is 95.6 cm³/mol. The number of aryl methyl sites for hydroxylation is 1. The van der Waals surface area contributed by atoms with Crippen LogP contribution in [-0.4, -0.2) is 26.5 Å².